The molecule has 1 aromatic carbocycles. The highest BCUT2D eigenvalue weighted by Gasteiger charge is 2.27. The van der Waals surface area contributed by atoms with Gasteiger partial charge in [-0.25, -0.2) is 0 Å². The highest BCUT2D eigenvalue weighted by atomic mass is 79.9. The molecule has 0 radical (unpaired) electrons. The minimum absolute atomic E-state index is 0.0664. The van der Waals surface area contributed by atoms with Crippen LogP contribution in [0.5, 0.6) is 5.75 Å². The van der Waals surface area contributed by atoms with E-state index in [1.807, 2.05) is 24.3 Å². The van der Waals surface area contributed by atoms with Crippen molar-refractivity contribution >= 4 is 21.8 Å². The van der Waals surface area contributed by atoms with Crippen molar-refractivity contribution in [2.75, 3.05) is 6.54 Å². The largest absolute Gasteiger partial charge is 0.481 e. The van der Waals surface area contributed by atoms with Crippen molar-refractivity contribution in [3.8, 4) is 5.75 Å². The number of rotatable bonds is 5. The van der Waals surface area contributed by atoms with Gasteiger partial charge in [0.25, 0.3) is 5.91 Å². The van der Waals surface area contributed by atoms with Crippen LogP contribution in [0.3, 0.4) is 0 Å². The molecule has 1 fully saturated rings. The molecule has 0 aliphatic heterocycles. The molecule has 0 spiro atoms. The van der Waals surface area contributed by atoms with E-state index in [4.69, 9.17) is 10.5 Å². The van der Waals surface area contributed by atoms with Gasteiger partial charge in [-0.05, 0) is 56.5 Å². The number of ether oxygens (including phenoxy) is 1. The van der Waals surface area contributed by atoms with Gasteiger partial charge >= 0.3 is 0 Å². The summed E-state index contributed by atoms with van der Waals surface area (Å²) in [5.41, 5.74) is 5.80. The van der Waals surface area contributed by atoms with Crippen molar-refractivity contribution in [3.05, 3.63) is 28.7 Å². The van der Waals surface area contributed by atoms with Gasteiger partial charge in [-0.15, -0.1) is 0 Å². The van der Waals surface area contributed by atoms with Gasteiger partial charge in [-0.1, -0.05) is 28.8 Å². The van der Waals surface area contributed by atoms with Crippen LogP contribution < -0.4 is 15.8 Å². The second-order valence-corrected chi connectivity index (χ2v) is 6.52. The lowest BCUT2D eigenvalue weighted by molar-refractivity contribution is -0.128. The van der Waals surface area contributed by atoms with Gasteiger partial charge in [0.1, 0.15) is 5.75 Å². The maximum atomic E-state index is 12.3. The summed E-state index contributed by atoms with van der Waals surface area (Å²) in [7, 11) is 0. The molecule has 2 rings (SSSR count). The molecule has 21 heavy (non-hydrogen) atoms. The third-order valence-electron chi connectivity index (χ3n) is 4.04. The SMILES string of the molecule is CC(Oc1ccc(Br)cc1)C(=O)NC1CCCCC1CN. The Kier molecular flexibility index (Phi) is 6.06. The molecule has 1 aliphatic rings. The van der Waals surface area contributed by atoms with Crippen LogP contribution in [-0.4, -0.2) is 24.6 Å². The second-order valence-electron chi connectivity index (χ2n) is 5.61. The molecule has 0 saturated heterocycles. The number of carbonyl (C=O) groups excluding carboxylic acids is 1. The Morgan fingerprint density at radius 3 is 2.71 bits per heavy atom. The molecule has 1 aromatic rings. The summed E-state index contributed by atoms with van der Waals surface area (Å²) in [6.45, 7) is 2.41. The fourth-order valence-corrected chi connectivity index (χ4v) is 3.02. The van der Waals surface area contributed by atoms with Gasteiger partial charge in [0.2, 0.25) is 0 Å². The Morgan fingerprint density at radius 1 is 1.38 bits per heavy atom. The summed E-state index contributed by atoms with van der Waals surface area (Å²) >= 11 is 3.37. The Morgan fingerprint density at radius 2 is 2.05 bits per heavy atom. The van der Waals surface area contributed by atoms with Crippen LogP contribution in [0.15, 0.2) is 28.7 Å². The lowest BCUT2D eigenvalue weighted by Gasteiger charge is -2.32. The van der Waals surface area contributed by atoms with Gasteiger partial charge in [-0.3, -0.25) is 4.79 Å². The van der Waals surface area contributed by atoms with Gasteiger partial charge in [-0.2, -0.15) is 0 Å². The zero-order valence-corrected chi connectivity index (χ0v) is 13.9. The second kappa shape index (κ2) is 7.80. The first-order chi connectivity index (χ1) is 10.1. The van der Waals surface area contributed by atoms with Crippen LogP contribution in [0.1, 0.15) is 32.6 Å². The number of halogens is 1. The van der Waals surface area contributed by atoms with Gasteiger partial charge in [0, 0.05) is 10.5 Å². The van der Waals surface area contributed by atoms with E-state index in [-0.39, 0.29) is 11.9 Å². The standard InChI is InChI=1S/C16H23BrN2O2/c1-11(21-14-8-6-13(17)7-9-14)16(20)19-15-5-3-2-4-12(15)10-18/h6-9,11-12,15H,2-5,10,18H2,1H3,(H,19,20). The Balaban J connectivity index is 1.88. The van der Waals surface area contributed by atoms with E-state index in [9.17, 15) is 4.79 Å². The van der Waals surface area contributed by atoms with E-state index in [0.29, 0.717) is 18.2 Å². The Hall–Kier alpha value is -1.07. The van der Waals surface area contributed by atoms with E-state index >= 15 is 0 Å². The van der Waals surface area contributed by atoms with Crippen LogP contribution in [-0.2, 0) is 4.79 Å². The number of nitrogens with one attached hydrogen (secondary N) is 1. The molecule has 1 aliphatic carbocycles. The minimum Gasteiger partial charge on any atom is -0.481 e. The van der Waals surface area contributed by atoms with E-state index in [1.54, 1.807) is 6.92 Å². The fraction of sp³-hybridized carbons (Fsp3) is 0.562. The lowest BCUT2D eigenvalue weighted by Crippen LogP contribution is -2.48. The predicted molar refractivity (Wildman–Crippen MR) is 87.2 cm³/mol. The topological polar surface area (TPSA) is 64.3 Å². The number of benzene rings is 1. The normalized spacial score (nSPS) is 23.4. The molecular weight excluding hydrogens is 332 g/mol. The molecule has 1 amide bonds. The molecule has 4 nitrogen and oxygen atoms in total. The summed E-state index contributed by atoms with van der Waals surface area (Å²) in [5, 5.41) is 3.10. The summed E-state index contributed by atoms with van der Waals surface area (Å²) in [5.74, 6) is 1.02. The third kappa shape index (κ3) is 4.71. The molecule has 3 unspecified atom stereocenters. The predicted octanol–water partition coefficient (Wildman–Crippen LogP) is 2.85. The quantitative estimate of drug-likeness (QED) is 0.854. The molecule has 116 valence electrons. The fourth-order valence-electron chi connectivity index (χ4n) is 2.75. The molecule has 3 atom stereocenters. The summed E-state index contributed by atoms with van der Waals surface area (Å²) in [4.78, 5) is 12.3. The third-order valence-corrected chi connectivity index (χ3v) is 4.56. The molecule has 3 N–H and O–H groups in total. The number of hydrogen-bond donors (Lipinski definition) is 2. The van der Waals surface area contributed by atoms with Crippen LogP contribution in [0.25, 0.3) is 0 Å². The molecule has 0 aromatic heterocycles. The zero-order valence-electron chi connectivity index (χ0n) is 12.3. The first-order valence-corrected chi connectivity index (χ1v) is 8.32. The van der Waals surface area contributed by atoms with Crippen molar-refractivity contribution in [1.29, 1.82) is 0 Å². The first-order valence-electron chi connectivity index (χ1n) is 7.53. The van der Waals surface area contributed by atoms with Crippen molar-refractivity contribution in [2.45, 2.75) is 44.8 Å². The van der Waals surface area contributed by atoms with Crippen molar-refractivity contribution in [2.24, 2.45) is 11.7 Å². The number of hydrogen-bond acceptors (Lipinski definition) is 3. The minimum atomic E-state index is -0.508. The maximum absolute atomic E-state index is 12.3. The highest BCUT2D eigenvalue weighted by molar-refractivity contribution is 9.10. The van der Waals surface area contributed by atoms with E-state index < -0.39 is 6.10 Å². The highest BCUT2D eigenvalue weighted by Crippen LogP contribution is 2.24. The van der Waals surface area contributed by atoms with Crippen molar-refractivity contribution in [3.63, 3.8) is 0 Å². The average Bonchev–Trinajstić information content (AvgIpc) is 2.50. The van der Waals surface area contributed by atoms with Gasteiger partial charge < -0.3 is 15.8 Å². The number of nitrogens with two attached hydrogens (primary N) is 1. The summed E-state index contributed by atoms with van der Waals surface area (Å²) in [6.07, 6.45) is 3.97. The number of carbonyl (C=O) groups is 1. The molecule has 5 heteroatoms. The van der Waals surface area contributed by atoms with Gasteiger partial charge in [0.05, 0.1) is 0 Å². The summed E-state index contributed by atoms with van der Waals surface area (Å²) in [6, 6.07) is 7.66. The first kappa shape index (κ1) is 16.3. The van der Waals surface area contributed by atoms with Crippen LogP contribution in [0.2, 0.25) is 0 Å². The van der Waals surface area contributed by atoms with Crippen molar-refractivity contribution in [1.82, 2.24) is 5.32 Å². The maximum Gasteiger partial charge on any atom is 0.261 e. The number of amides is 1. The average molecular weight is 355 g/mol. The van der Waals surface area contributed by atoms with Gasteiger partial charge in [0.15, 0.2) is 6.10 Å². The van der Waals surface area contributed by atoms with Crippen molar-refractivity contribution < 1.29 is 9.53 Å². The molecule has 0 heterocycles. The molecule has 0 bridgehead atoms. The zero-order chi connectivity index (χ0) is 15.2. The van der Waals surface area contributed by atoms with Crippen LogP contribution in [0, 0.1) is 5.92 Å². The molecular formula is C16H23BrN2O2. The summed E-state index contributed by atoms with van der Waals surface area (Å²) < 4.78 is 6.66. The Labute approximate surface area is 134 Å². The van der Waals surface area contributed by atoms with Crippen LogP contribution in [0.4, 0.5) is 0 Å². The molecule has 1 saturated carbocycles. The van der Waals surface area contributed by atoms with E-state index in [0.717, 1.165) is 23.7 Å². The lowest BCUT2D eigenvalue weighted by atomic mass is 9.84. The van der Waals surface area contributed by atoms with Crippen LogP contribution >= 0.6 is 15.9 Å². The smallest absolute Gasteiger partial charge is 0.261 e. The monoisotopic (exact) mass is 354 g/mol. The Bertz CT molecular complexity index is 464. The van der Waals surface area contributed by atoms with E-state index in [1.165, 1.54) is 6.42 Å². The van der Waals surface area contributed by atoms with E-state index in [2.05, 4.69) is 21.2 Å².